The highest BCUT2D eigenvalue weighted by molar-refractivity contribution is 5.91. The van der Waals surface area contributed by atoms with Gasteiger partial charge in [0.2, 0.25) is 0 Å². The Kier molecular flexibility index (Phi) is 4.30. The van der Waals surface area contributed by atoms with Crippen LogP contribution in [0.15, 0.2) is 54.6 Å². The summed E-state index contributed by atoms with van der Waals surface area (Å²) in [6.07, 6.45) is 4.49. The lowest BCUT2D eigenvalue weighted by Crippen LogP contribution is -1.83. The normalized spacial score (nSPS) is 10.8. The van der Waals surface area contributed by atoms with Crippen LogP contribution >= 0.6 is 0 Å². The third-order valence-corrected chi connectivity index (χ3v) is 3.12. The van der Waals surface area contributed by atoms with E-state index in [2.05, 4.69) is 43.3 Å². The van der Waals surface area contributed by atoms with Crippen LogP contribution in [-0.4, -0.2) is 5.78 Å². The first-order chi connectivity index (χ1) is 9.19. The molecule has 0 unspecified atom stereocenters. The van der Waals surface area contributed by atoms with Gasteiger partial charge in [-0.25, -0.2) is 0 Å². The zero-order valence-electron chi connectivity index (χ0n) is 11.4. The maximum absolute atomic E-state index is 10.9. The van der Waals surface area contributed by atoms with Crippen molar-refractivity contribution < 1.29 is 4.79 Å². The second-order valence-electron chi connectivity index (χ2n) is 4.62. The molecule has 0 N–H and O–H groups in total. The minimum Gasteiger partial charge on any atom is -0.295 e. The smallest absolute Gasteiger partial charge is 0.152 e. The molecule has 0 atom stereocenters. The lowest BCUT2D eigenvalue weighted by molar-refractivity contribution is -0.112. The Morgan fingerprint density at radius 2 is 1.47 bits per heavy atom. The topological polar surface area (TPSA) is 17.1 Å². The van der Waals surface area contributed by atoms with E-state index in [0.29, 0.717) is 0 Å². The van der Waals surface area contributed by atoms with E-state index in [1.807, 2.05) is 18.2 Å². The van der Waals surface area contributed by atoms with Crippen molar-refractivity contribution in [3.63, 3.8) is 0 Å². The van der Waals surface area contributed by atoms with Crippen LogP contribution < -0.4 is 0 Å². The van der Waals surface area contributed by atoms with Crippen molar-refractivity contribution in [2.45, 2.75) is 20.3 Å². The van der Waals surface area contributed by atoms with Crippen LogP contribution in [0.5, 0.6) is 0 Å². The van der Waals surface area contributed by atoms with Crippen LogP contribution in [0.2, 0.25) is 0 Å². The fraction of sp³-hybridized carbons (Fsp3) is 0.167. The Labute approximate surface area is 114 Å². The first-order valence-electron chi connectivity index (χ1n) is 6.57. The number of ketones is 1. The van der Waals surface area contributed by atoms with Gasteiger partial charge < -0.3 is 0 Å². The molecular weight excluding hydrogens is 232 g/mol. The lowest BCUT2D eigenvalue weighted by atomic mass is 10.0. The second kappa shape index (κ2) is 6.14. The molecule has 0 heterocycles. The van der Waals surface area contributed by atoms with Gasteiger partial charge in [0.15, 0.2) is 5.78 Å². The summed E-state index contributed by atoms with van der Waals surface area (Å²) < 4.78 is 0. The molecule has 0 radical (unpaired) electrons. The SMILES string of the molecule is CCc1ccc(-c2ccc(/C=C/C(C)=O)cc2)cc1. The third kappa shape index (κ3) is 3.65. The molecule has 0 amide bonds. The summed E-state index contributed by atoms with van der Waals surface area (Å²) in [5.74, 6) is 0.0687. The first-order valence-corrected chi connectivity index (χ1v) is 6.57. The number of aryl methyl sites for hydroxylation is 1. The van der Waals surface area contributed by atoms with Gasteiger partial charge in [-0.3, -0.25) is 4.79 Å². The molecule has 2 aromatic rings. The number of rotatable bonds is 4. The average Bonchev–Trinajstić information content (AvgIpc) is 2.46. The first kappa shape index (κ1) is 13.3. The molecule has 96 valence electrons. The van der Waals surface area contributed by atoms with Crippen molar-refractivity contribution in [3.8, 4) is 11.1 Å². The van der Waals surface area contributed by atoms with E-state index in [1.165, 1.54) is 16.7 Å². The summed E-state index contributed by atoms with van der Waals surface area (Å²) in [6, 6.07) is 16.9. The van der Waals surface area contributed by atoms with Gasteiger partial charge in [-0.1, -0.05) is 61.5 Å². The fourth-order valence-electron chi connectivity index (χ4n) is 1.93. The van der Waals surface area contributed by atoms with Crippen LogP contribution in [-0.2, 0) is 11.2 Å². The number of carbonyl (C=O) groups excluding carboxylic acids is 1. The predicted octanol–water partition coefficient (Wildman–Crippen LogP) is 4.52. The molecule has 1 nitrogen and oxygen atoms in total. The molecular formula is C18H18O. The molecule has 19 heavy (non-hydrogen) atoms. The van der Waals surface area contributed by atoms with E-state index < -0.39 is 0 Å². The number of hydrogen-bond acceptors (Lipinski definition) is 1. The van der Waals surface area contributed by atoms with Gasteiger partial charge in [-0.2, -0.15) is 0 Å². The minimum absolute atomic E-state index is 0.0687. The molecule has 2 aromatic carbocycles. The van der Waals surface area contributed by atoms with E-state index in [4.69, 9.17) is 0 Å². The lowest BCUT2D eigenvalue weighted by Gasteiger charge is -2.03. The number of allylic oxidation sites excluding steroid dienone is 1. The number of benzene rings is 2. The molecule has 1 heteroatoms. The molecule has 0 saturated carbocycles. The van der Waals surface area contributed by atoms with Gasteiger partial charge in [0.1, 0.15) is 0 Å². The van der Waals surface area contributed by atoms with Crippen LogP contribution in [0.3, 0.4) is 0 Å². The van der Waals surface area contributed by atoms with Crippen molar-refractivity contribution in [2.24, 2.45) is 0 Å². The van der Waals surface area contributed by atoms with Crippen molar-refractivity contribution in [3.05, 3.63) is 65.7 Å². The summed E-state index contributed by atoms with van der Waals surface area (Å²) in [6.45, 7) is 3.71. The average molecular weight is 250 g/mol. The van der Waals surface area contributed by atoms with Gasteiger partial charge in [-0.05, 0) is 41.7 Å². The summed E-state index contributed by atoms with van der Waals surface area (Å²) in [5, 5.41) is 0. The third-order valence-electron chi connectivity index (χ3n) is 3.12. The summed E-state index contributed by atoms with van der Waals surface area (Å²) in [4.78, 5) is 10.9. The Balaban J connectivity index is 2.19. The van der Waals surface area contributed by atoms with Crippen molar-refractivity contribution in [1.82, 2.24) is 0 Å². The summed E-state index contributed by atoms with van der Waals surface area (Å²) >= 11 is 0. The molecule has 0 aliphatic heterocycles. The van der Waals surface area contributed by atoms with Gasteiger partial charge >= 0.3 is 0 Å². The van der Waals surface area contributed by atoms with E-state index >= 15 is 0 Å². The van der Waals surface area contributed by atoms with Gasteiger partial charge in [-0.15, -0.1) is 0 Å². The monoisotopic (exact) mass is 250 g/mol. The molecule has 0 aliphatic carbocycles. The maximum Gasteiger partial charge on any atom is 0.152 e. The van der Waals surface area contributed by atoms with E-state index in [-0.39, 0.29) is 5.78 Å². The molecule has 0 aliphatic rings. The Morgan fingerprint density at radius 1 is 0.947 bits per heavy atom. The van der Waals surface area contributed by atoms with E-state index in [9.17, 15) is 4.79 Å². The Hall–Kier alpha value is -2.15. The summed E-state index contributed by atoms with van der Waals surface area (Å²) in [5.41, 5.74) is 4.82. The standard InChI is InChI=1S/C18H18O/c1-3-15-6-10-17(11-7-15)18-12-8-16(9-13-18)5-4-14(2)19/h4-13H,3H2,1-2H3/b5-4+. The molecule has 2 rings (SSSR count). The highest BCUT2D eigenvalue weighted by Crippen LogP contribution is 2.21. The fourth-order valence-corrected chi connectivity index (χ4v) is 1.93. The van der Waals surface area contributed by atoms with Gasteiger partial charge in [0, 0.05) is 0 Å². The van der Waals surface area contributed by atoms with E-state index in [0.717, 1.165) is 12.0 Å². The van der Waals surface area contributed by atoms with Gasteiger partial charge in [0.05, 0.1) is 0 Å². The van der Waals surface area contributed by atoms with Crippen molar-refractivity contribution in [2.75, 3.05) is 0 Å². The van der Waals surface area contributed by atoms with Crippen LogP contribution in [0, 0.1) is 0 Å². The molecule has 0 saturated heterocycles. The Morgan fingerprint density at radius 3 is 1.95 bits per heavy atom. The van der Waals surface area contributed by atoms with Crippen LogP contribution in [0.25, 0.3) is 17.2 Å². The van der Waals surface area contributed by atoms with Crippen LogP contribution in [0.1, 0.15) is 25.0 Å². The highest BCUT2D eigenvalue weighted by Gasteiger charge is 1.97. The van der Waals surface area contributed by atoms with Gasteiger partial charge in [0.25, 0.3) is 0 Å². The molecule has 0 fully saturated rings. The molecule has 0 bridgehead atoms. The number of carbonyl (C=O) groups is 1. The Bertz CT molecular complexity index is 574. The zero-order valence-corrected chi connectivity index (χ0v) is 11.4. The van der Waals surface area contributed by atoms with Crippen molar-refractivity contribution in [1.29, 1.82) is 0 Å². The minimum atomic E-state index is 0.0687. The second-order valence-corrected chi connectivity index (χ2v) is 4.62. The van der Waals surface area contributed by atoms with E-state index in [1.54, 1.807) is 13.0 Å². The predicted molar refractivity (Wildman–Crippen MR) is 81.0 cm³/mol. The summed E-state index contributed by atoms with van der Waals surface area (Å²) in [7, 11) is 0. The quantitative estimate of drug-likeness (QED) is 0.729. The van der Waals surface area contributed by atoms with Crippen molar-refractivity contribution >= 4 is 11.9 Å². The largest absolute Gasteiger partial charge is 0.295 e. The molecule has 0 aromatic heterocycles. The highest BCUT2D eigenvalue weighted by atomic mass is 16.1. The maximum atomic E-state index is 10.9. The molecule has 0 spiro atoms. The zero-order chi connectivity index (χ0) is 13.7. The van der Waals surface area contributed by atoms with Crippen LogP contribution in [0.4, 0.5) is 0 Å². The number of hydrogen-bond donors (Lipinski definition) is 0.